The molecule has 0 fully saturated rings. The highest BCUT2D eigenvalue weighted by atomic mass is 32.2. The van der Waals surface area contributed by atoms with Crippen LogP contribution in [-0.4, -0.2) is 37.9 Å². The maximum absolute atomic E-state index is 13.5. The first kappa shape index (κ1) is 24.5. The smallest absolute Gasteiger partial charge is 0.235 e. The van der Waals surface area contributed by atoms with Gasteiger partial charge >= 0.3 is 0 Å². The molecule has 1 atom stereocenters. The second-order valence-corrected chi connectivity index (χ2v) is 9.52. The fourth-order valence-corrected chi connectivity index (χ4v) is 4.67. The number of carbonyl (C=O) groups excluding carboxylic acids is 1. The first-order chi connectivity index (χ1) is 16.9. The minimum Gasteiger partial charge on any atom is -0.485 e. The number of rotatable bonds is 9. The summed E-state index contributed by atoms with van der Waals surface area (Å²) >= 11 is 1.33. The van der Waals surface area contributed by atoms with Crippen molar-refractivity contribution in [2.24, 2.45) is 0 Å². The van der Waals surface area contributed by atoms with Gasteiger partial charge in [-0.15, -0.1) is 10.2 Å². The monoisotopic (exact) mass is 490 g/mol. The average molecular weight is 491 g/mol. The van der Waals surface area contributed by atoms with Gasteiger partial charge in [0.15, 0.2) is 11.0 Å². The van der Waals surface area contributed by atoms with E-state index >= 15 is 0 Å². The van der Waals surface area contributed by atoms with Crippen LogP contribution in [-0.2, 0) is 17.9 Å². The van der Waals surface area contributed by atoms with Crippen molar-refractivity contribution in [3.63, 3.8) is 0 Å². The summed E-state index contributed by atoms with van der Waals surface area (Å²) in [6.07, 6.45) is 0. The van der Waals surface area contributed by atoms with Crippen molar-refractivity contribution in [1.82, 2.24) is 19.7 Å². The summed E-state index contributed by atoms with van der Waals surface area (Å²) in [5.41, 5.74) is 2.66. The number of nitrogens with zero attached hydrogens (tertiary/aromatic N) is 4. The SMILES string of the molecule is Cc1ccccc1OCc1nnc(S[C@H](C)C(=O)N(C)Cc2cccc(F)c2)n1-c1ccccc1. The van der Waals surface area contributed by atoms with Crippen LogP contribution >= 0.6 is 11.8 Å². The Morgan fingerprint density at radius 1 is 1.06 bits per heavy atom. The zero-order valence-corrected chi connectivity index (χ0v) is 20.7. The molecule has 0 aliphatic heterocycles. The van der Waals surface area contributed by atoms with Gasteiger partial charge in [0, 0.05) is 19.3 Å². The molecule has 0 unspecified atom stereocenters. The van der Waals surface area contributed by atoms with Gasteiger partial charge in [-0.05, 0) is 55.3 Å². The first-order valence-corrected chi connectivity index (χ1v) is 12.1. The highest BCUT2D eigenvalue weighted by Gasteiger charge is 2.24. The molecule has 0 N–H and O–H groups in total. The van der Waals surface area contributed by atoms with Crippen molar-refractivity contribution in [2.45, 2.75) is 37.4 Å². The first-order valence-electron chi connectivity index (χ1n) is 11.3. The van der Waals surface area contributed by atoms with E-state index in [0.717, 1.165) is 22.6 Å². The number of benzene rings is 3. The topological polar surface area (TPSA) is 60.3 Å². The average Bonchev–Trinajstić information content (AvgIpc) is 3.25. The second-order valence-electron chi connectivity index (χ2n) is 8.21. The quantitative estimate of drug-likeness (QED) is 0.293. The third-order valence-corrected chi connectivity index (χ3v) is 6.51. The number of carbonyl (C=O) groups is 1. The third-order valence-electron chi connectivity index (χ3n) is 5.48. The number of aromatic nitrogens is 3. The molecule has 1 aromatic heterocycles. The van der Waals surface area contributed by atoms with Crippen molar-refractivity contribution >= 4 is 17.7 Å². The van der Waals surface area contributed by atoms with Crippen molar-refractivity contribution in [2.75, 3.05) is 7.05 Å². The number of hydrogen-bond donors (Lipinski definition) is 0. The third kappa shape index (κ3) is 6.08. The summed E-state index contributed by atoms with van der Waals surface area (Å²) < 4.78 is 21.5. The molecule has 0 saturated heterocycles. The number of thioether (sulfide) groups is 1. The minimum atomic E-state index is -0.426. The van der Waals surface area contributed by atoms with Crippen LogP contribution < -0.4 is 4.74 Å². The van der Waals surface area contributed by atoms with E-state index in [0.29, 0.717) is 17.5 Å². The van der Waals surface area contributed by atoms with Crippen LogP contribution in [0.5, 0.6) is 5.75 Å². The number of ether oxygens (including phenoxy) is 1. The maximum Gasteiger partial charge on any atom is 0.235 e. The molecule has 8 heteroatoms. The molecular formula is C27H27FN4O2S. The van der Waals surface area contributed by atoms with E-state index in [1.807, 2.05) is 73.0 Å². The van der Waals surface area contributed by atoms with E-state index in [1.54, 1.807) is 24.1 Å². The lowest BCUT2D eigenvalue weighted by Crippen LogP contribution is -2.33. The molecule has 0 aliphatic rings. The van der Waals surface area contributed by atoms with E-state index in [4.69, 9.17) is 4.74 Å². The van der Waals surface area contributed by atoms with Crippen molar-refractivity contribution < 1.29 is 13.9 Å². The summed E-state index contributed by atoms with van der Waals surface area (Å²) in [5, 5.41) is 8.92. The number of para-hydroxylation sites is 2. The van der Waals surface area contributed by atoms with Crippen LogP contribution in [0.25, 0.3) is 5.69 Å². The van der Waals surface area contributed by atoms with Gasteiger partial charge in [0.25, 0.3) is 0 Å². The molecule has 4 aromatic rings. The van der Waals surface area contributed by atoms with Crippen molar-refractivity contribution in [3.8, 4) is 11.4 Å². The van der Waals surface area contributed by atoms with Gasteiger partial charge in [-0.3, -0.25) is 9.36 Å². The Morgan fingerprint density at radius 3 is 2.54 bits per heavy atom. The molecule has 1 amide bonds. The van der Waals surface area contributed by atoms with Crippen molar-refractivity contribution in [1.29, 1.82) is 0 Å². The van der Waals surface area contributed by atoms with Gasteiger partial charge in [0.1, 0.15) is 18.2 Å². The van der Waals surface area contributed by atoms with Gasteiger partial charge < -0.3 is 9.64 Å². The zero-order valence-electron chi connectivity index (χ0n) is 19.9. The Kier molecular flexibility index (Phi) is 7.82. The fraction of sp³-hybridized carbons (Fsp3) is 0.222. The van der Waals surface area contributed by atoms with E-state index in [-0.39, 0.29) is 18.3 Å². The lowest BCUT2D eigenvalue weighted by atomic mass is 10.2. The normalized spacial score (nSPS) is 11.8. The molecular weight excluding hydrogens is 463 g/mol. The Morgan fingerprint density at radius 2 is 1.80 bits per heavy atom. The number of halogens is 1. The highest BCUT2D eigenvalue weighted by molar-refractivity contribution is 8.00. The minimum absolute atomic E-state index is 0.0837. The fourth-order valence-electron chi connectivity index (χ4n) is 3.67. The van der Waals surface area contributed by atoms with Crippen LogP contribution in [0.15, 0.2) is 84.0 Å². The van der Waals surface area contributed by atoms with Gasteiger partial charge in [-0.1, -0.05) is 60.3 Å². The number of amides is 1. The van der Waals surface area contributed by atoms with E-state index in [2.05, 4.69) is 10.2 Å². The summed E-state index contributed by atoms with van der Waals surface area (Å²) in [7, 11) is 1.72. The maximum atomic E-state index is 13.5. The van der Waals surface area contributed by atoms with E-state index in [9.17, 15) is 9.18 Å². The van der Waals surface area contributed by atoms with Crippen LogP contribution in [0.4, 0.5) is 4.39 Å². The van der Waals surface area contributed by atoms with Crippen LogP contribution in [0.1, 0.15) is 23.9 Å². The second kappa shape index (κ2) is 11.2. The Labute approximate surface area is 208 Å². The predicted octanol–water partition coefficient (Wildman–Crippen LogP) is 5.43. The molecule has 6 nitrogen and oxygen atoms in total. The molecule has 1 heterocycles. The van der Waals surface area contributed by atoms with Crippen LogP contribution in [0.3, 0.4) is 0 Å². The largest absolute Gasteiger partial charge is 0.485 e. The summed E-state index contributed by atoms with van der Waals surface area (Å²) in [6, 6.07) is 23.8. The Hall–Kier alpha value is -3.65. The van der Waals surface area contributed by atoms with Crippen molar-refractivity contribution in [3.05, 3.63) is 102 Å². The molecule has 0 radical (unpaired) electrons. The van der Waals surface area contributed by atoms with Gasteiger partial charge in [0.05, 0.1) is 5.25 Å². The standard InChI is InChI=1S/C27H27FN4O2S/c1-19-10-7-8-15-24(19)34-18-25-29-30-27(32(25)23-13-5-4-6-14-23)35-20(2)26(33)31(3)17-21-11-9-12-22(28)16-21/h4-16,20H,17-18H2,1-3H3/t20-/m1/s1. The Bertz CT molecular complexity index is 1300. The van der Waals surface area contributed by atoms with E-state index in [1.165, 1.54) is 23.9 Å². The zero-order chi connectivity index (χ0) is 24.8. The van der Waals surface area contributed by atoms with Crippen LogP contribution in [0, 0.1) is 12.7 Å². The van der Waals surface area contributed by atoms with Gasteiger partial charge in [-0.25, -0.2) is 4.39 Å². The molecule has 0 spiro atoms. The molecule has 0 aliphatic carbocycles. The lowest BCUT2D eigenvalue weighted by Gasteiger charge is -2.21. The molecule has 0 bridgehead atoms. The summed E-state index contributed by atoms with van der Waals surface area (Å²) in [6.45, 7) is 4.38. The Balaban J connectivity index is 1.52. The van der Waals surface area contributed by atoms with E-state index < -0.39 is 5.25 Å². The number of hydrogen-bond acceptors (Lipinski definition) is 5. The highest BCUT2D eigenvalue weighted by Crippen LogP contribution is 2.28. The molecule has 3 aromatic carbocycles. The van der Waals surface area contributed by atoms with Gasteiger partial charge in [0.2, 0.25) is 5.91 Å². The summed E-state index contributed by atoms with van der Waals surface area (Å²) in [5.74, 6) is 1.02. The molecule has 35 heavy (non-hydrogen) atoms. The van der Waals surface area contributed by atoms with Gasteiger partial charge in [-0.2, -0.15) is 0 Å². The summed E-state index contributed by atoms with van der Waals surface area (Å²) in [4.78, 5) is 14.7. The lowest BCUT2D eigenvalue weighted by molar-refractivity contribution is -0.129. The predicted molar refractivity (Wildman–Crippen MR) is 135 cm³/mol. The molecule has 180 valence electrons. The molecule has 4 rings (SSSR count). The number of aryl methyl sites for hydroxylation is 1. The van der Waals surface area contributed by atoms with Crippen LogP contribution in [0.2, 0.25) is 0 Å². The molecule has 0 saturated carbocycles.